The van der Waals surface area contributed by atoms with Crippen molar-refractivity contribution in [3.8, 4) is 0 Å². The number of benzene rings is 1. The summed E-state index contributed by atoms with van der Waals surface area (Å²) in [5.74, 6) is 0.905. The summed E-state index contributed by atoms with van der Waals surface area (Å²) in [5.41, 5.74) is 4.91. The van der Waals surface area contributed by atoms with Crippen LogP contribution in [0, 0.1) is 0 Å². The first-order valence-electron chi connectivity index (χ1n) is 10.0. The van der Waals surface area contributed by atoms with Gasteiger partial charge in [0.05, 0.1) is 5.56 Å². The number of allylic oxidation sites excluding steroid dienone is 1. The van der Waals surface area contributed by atoms with E-state index in [0.29, 0.717) is 12.1 Å². The Balaban J connectivity index is 1.32. The maximum Gasteiger partial charge on any atom is 0.252 e. The van der Waals surface area contributed by atoms with Crippen LogP contribution >= 0.6 is 0 Å². The second-order valence-electron chi connectivity index (χ2n) is 7.46. The first-order valence-corrected chi connectivity index (χ1v) is 10.0. The van der Waals surface area contributed by atoms with Crippen molar-refractivity contribution in [2.75, 3.05) is 18.0 Å². The largest absolute Gasteiger partial charge is 0.352 e. The van der Waals surface area contributed by atoms with Gasteiger partial charge in [-0.15, -0.1) is 0 Å². The van der Waals surface area contributed by atoms with E-state index in [2.05, 4.69) is 45.5 Å². The van der Waals surface area contributed by atoms with Crippen molar-refractivity contribution in [1.29, 1.82) is 0 Å². The molecule has 4 heteroatoms. The Kier molecular flexibility index (Phi) is 5.52. The summed E-state index contributed by atoms with van der Waals surface area (Å²) in [7, 11) is 0. The molecule has 27 heavy (non-hydrogen) atoms. The summed E-state index contributed by atoms with van der Waals surface area (Å²) >= 11 is 0. The Morgan fingerprint density at radius 2 is 1.96 bits per heavy atom. The Bertz CT molecular complexity index is 826. The quantitative estimate of drug-likeness (QED) is 0.809. The van der Waals surface area contributed by atoms with E-state index in [0.717, 1.165) is 31.7 Å². The molecule has 2 aliphatic rings. The molecule has 0 saturated carbocycles. The Morgan fingerprint density at radius 1 is 1.07 bits per heavy atom. The van der Waals surface area contributed by atoms with Gasteiger partial charge in [0, 0.05) is 25.8 Å². The summed E-state index contributed by atoms with van der Waals surface area (Å²) in [4.78, 5) is 19.2. The van der Waals surface area contributed by atoms with Gasteiger partial charge in [-0.2, -0.15) is 0 Å². The van der Waals surface area contributed by atoms with Crippen molar-refractivity contribution in [3.63, 3.8) is 0 Å². The van der Waals surface area contributed by atoms with E-state index in [1.165, 1.54) is 42.4 Å². The zero-order valence-electron chi connectivity index (χ0n) is 15.8. The van der Waals surface area contributed by atoms with Crippen LogP contribution in [0.1, 0.15) is 53.6 Å². The number of amides is 1. The summed E-state index contributed by atoms with van der Waals surface area (Å²) in [6, 6.07) is 12.4. The normalized spacial score (nSPS) is 16.4. The second kappa shape index (κ2) is 8.38. The molecule has 0 fully saturated rings. The van der Waals surface area contributed by atoms with E-state index >= 15 is 0 Å². The fraction of sp³-hybridized carbons (Fsp3) is 0.391. The maximum atomic E-state index is 12.4. The molecule has 0 saturated heterocycles. The molecule has 1 amide bonds. The first-order chi connectivity index (χ1) is 13.3. The third-order valence-electron chi connectivity index (χ3n) is 5.58. The highest BCUT2D eigenvalue weighted by molar-refractivity contribution is 5.94. The molecular formula is C23H27N3O. The molecule has 4 rings (SSSR count). The lowest BCUT2D eigenvalue weighted by atomic mass is 9.97. The van der Waals surface area contributed by atoms with Crippen LogP contribution in [0.15, 0.2) is 54.2 Å². The van der Waals surface area contributed by atoms with Gasteiger partial charge in [0.25, 0.3) is 5.91 Å². The van der Waals surface area contributed by atoms with Crippen LogP contribution in [0.3, 0.4) is 0 Å². The minimum absolute atomic E-state index is 0.0329. The summed E-state index contributed by atoms with van der Waals surface area (Å²) in [6.45, 7) is 2.55. The number of fused-ring (bicyclic) bond motifs is 1. The lowest BCUT2D eigenvalue weighted by Crippen LogP contribution is -2.31. The molecule has 1 aromatic heterocycles. The smallest absolute Gasteiger partial charge is 0.252 e. The van der Waals surface area contributed by atoms with Crippen LogP contribution in [0.2, 0.25) is 0 Å². The van der Waals surface area contributed by atoms with Gasteiger partial charge in [0.15, 0.2) is 0 Å². The molecule has 0 atom stereocenters. The molecule has 0 bridgehead atoms. The third kappa shape index (κ3) is 4.38. The van der Waals surface area contributed by atoms with Crippen LogP contribution in [-0.2, 0) is 13.0 Å². The number of nitrogens with zero attached hydrogens (tertiary/aromatic N) is 2. The minimum Gasteiger partial charge on any atom is -0.352 e. The number of hydrogen-bond acceptors (Lipinski definition) is 3. The van der Waals surface area contributed by atoms with Crippen molar-refractivity contribution in [3.05, 3.63) is 70.9 Å². The lowest BCUT2D eigenvalue weighted by Gasteiger charge is -2.29. The molecule has 140 valence electrons. The summed E-state index contributed by atoms with van der Waals surface area (Å²) in [6.07, 6.45) is 11.0. The minimum atomic E-state index is -0.0329. The molecular weight excluding hydrogens is 334 g/mol. The number of carbonyl (C=O) groups excluding carboxylic acids is 1. The highest BCUT2D eigenvalue weighted by Crippen LogP contribution is 2.23. The van der Waals surface area contributed by atoms with Gasteiger partial charge < -0.3 is 10.2 Å². The molecule has 1 aromatic carbocycles. The van der Waals surface area contributed by atoms with Crippen LogP contribution < -0.4 is 10.2 Å². The Labute approximate surface area is 161 Å². The first kappa shape index (κ1) is 17.8. The monoisotopic (exact) mass is 361 g/mol. The molecule has 1 aliphatic heterocycles. The molecule has 2 heterocycles. The van der Waals surface area contributed by atoms with Gasteiger partial charge in [-0.05, 0) is 61.8 Å². The number of hydrogen-bond donors (Lipinski definition) is 1. The van der Waals surface area contributed by atoms with Crippen LogP contribution in [-0.4, -0.2) is 24.0 Å². The van der Waals surface area contributed by atoms with E-state index in [4.69, 9.17) is 0 Å². The van der Waals surface area contributed by atoms with Crippen LogP contribution in [0.4, 0.5) is 5.82 Å². The predicted octanol–water partition coefficient (Wildman–Crippen LogP) is 4.26. The Hall–Kier alpha value is -2.62. The van der Waals surface area contributed by atoms with Crippen molar-refractivity contribution < 1.29 is 4.79 Å². The number of carbonyl (C=O) groups is 1. The second-order valence-corrected chi connectivity index (χ2v) is 7.46. The Morgan fingerprint density at radius 3 is 2.74 bits per heavy atom. The van der Waals surface area contributed by atoms with Gasteiger partial charge >= 0.3 is 0 Å². The lowest BCUT2D eigenvalue weighted by molar-refractivity contribution is 0.0953. The zero-order chi connectivity index (χ0) is 18.5. The van der Waals surface area contributed by atoms with Crippen molar-refractivity contribution in [1.82, 2.24) is 10.3 Å². The number of rotatable bonds is 5. The number of nitrogens with one attached hydrogen (secondary N) is 1. The average molecular weight is 361 g/mol. The van der Waals surface area contributed by atoms with Gasteiger partial charge in [-0.1, -0.05) is 35.9 Å². The zero-order valence-corrected chi connectivity index (χ0v) is 15.8. The van der Waals surface area contributed by atoms with Gasteiger partial charge in [0.2, 0.25) is 0 Å². The molecule has 1 aliphatic carbocycles. The fourth-order valence-corrected chi connectivity index (χ4v) is 3.97. The van der Waals surface area contributed by atoms with E-state index in [1.807, 2.05) is 12.1 Å². The van der Waals surface area contributed by atoms with Crippen molar-refractivity contribution in [2.24, 2.45) is 0 Å². The van der Waals surface area contributed by atoms with E-state index in [9.17, 15) is 4.79 Å². The highest BCUT2D eigenvalue weighted by Gasteiger charge is 2.17. The molecule has 2 aromatic rings. The van der Waals surface area contributed by atoms with Gasteiger partial charge in [-0.25, -0.2) is 4.98 Å². The molecule has 4 nitrogen and oxygen atoms in total. The average Bonchev–Trinajstić information content (AvgIpc) is 2.74. The van der Waals surface area contributed by atoms with E-state index < -0.39 is 0 Å². The molecule has 0 spiro atoms. The standard InChI is InChI=1S/C23H27N3O/c27-23(24-14-12-18-6-2-1-3-7-18)20-10-11-22(25-16-20)26-15-13-19-8-4-5-9-21(19)17-26/h4-6,8-11,16H,1-3,7,12-15,17H2,(H,24,27). The SMILES string of the molecule is O=C(NCCC1=CCCCC1)c1ccc(N2CCc3ccccc3C2)nc1. The molecule has 1 N–H and O–H groups in total. The van der Waals surface area contributed by atoms with Crippen molar-refractivity contribution in [2.45, 2.75) is 45.1 Å². The fourth-order valence-electron chi connectivity index (χ4n) is 3.97. The number of pyridine rings is 1. The van der Waals surface area contributed by atoms with E-state index in [1.54, 1.807) is 6.20 Å². The van der Waals surface area contributed by atoms with Crippen LogP contribution in [0.25, 0.3) is 0 Å². The van der Waals surface area contributed by atoms with E-state index in [-0.39, 0.29) is 5.91 Å². The topological polar surface area (TPSA) is 45.2 Å². The predicted molar refractivity (Wildman–Crippen MR) is 109 cm³/mol. The maximum absolute atomic E-state index is 12.4. The molecule has 0 unspecified atom stereocenters. The highest BCUT2D eigenvalue weighted by atomic mass is 16.1. The van der Waals surface area contributed by atoms with Gasteiger partial charge in [0.1, 0.15) is 5.82 Å². The molecule has 0 radical (unpaired) electrons. The summed E-state index contributed by atoms with van der Waals surface area (Å²) in [5, 5.41) is 3.02. The third-order valence-corrected chi connectivity index (χ3v) is 5.58. The summed E-state index contributed by atoms with van der Waals surface area (Å²) < 4.78 is 0. The van der Waals surface area contributed by atoms with Crippen molar-refractivity contribution >= 4 is 11.7 Å². The number of aromatic nitrogens is 1. The number of anilines is 1. The van der Waals surface area contributed by atoms with Gasteiger partial charge in [-0.3, -0.25) is 4.79 Å². The van der Waals surface area contributed by atoms with Crippen LogP contribution in [0.5, 0.6) is 0 Å².